The molecule has 162 valence electrons. The van der Waals surface area contributed by atoms with Crippen LogP contribution in [0.1, 0.15) is 11.1 Å². The Morgan fingerprint density at radius 2 is 1.97 bits per heavy atom. The third kappa shape index (κ3) is 4.28. The molecule has 1 aromatic heterocycles. The van der Waals surface area contributed by atoms with E-state index in [-0.39, 0.29) is 23.9 Å². The first-order chi connectivity index (χ1) is 14.1. The minimum Gasteiger partial charge on any atom is -0.389 e. The van der Waals surface area contributed by atoms with Gasteiger partial charge in [0.15, 0.2) is 0 Å². The molecular weight excluding hydrogens is 404 g/mol. The summed E-state index contributed by atoms with van der Waals surface area (Å²) in [6, 6.07) is 2.78. The van der Waals surface area contributed by atoms with Crippen LogP contribution >= 0.6 is 0 Å². The fourth-order valence-corrected chi connectivity index (χ4v) is 4.29. The predicted octanol–water partition coefficient (Wildman–Crippen LogP) is 3.39. The van der Waals surface area contributed by atoms with Crippen LogP contribution < -0.4 is 4.74 Å². The number of hydrogen-bond donors (Lipinski definition) is 0. The zero-order valence-electron chi connectivity index (χ0n) is 16.6. The Labute approximate surface area is 171 Å². The van der Waals surface area contributed by atoms with Crippen LogP contribution in [0.5, 0.6) is 5.88 Å². The number of imidazole rings is 1. The lowest BCUT2D eigenvalue weighted by Crippen LogP contribution is -2.36. The molecule has 0 bridgehead atoms. The molecule has 2 aliphatic rings. The molecule has 2 unspecified atom stereocenters. The number of hydrogen-bond acceptors (Lipinski definition) is 4. The summed E-state index contributed by atoms with van der Waals surface area (Å²) in [6.07, 6.45) is -2.50. The molecule has 2 fully saturated rings. The van der Waals surface area contributed by atoms with Crippen LogP contribution in [0, 0.1) is 23.6 Å². The number of ether oxygens (including phenoxy) is 1. The Hall–Kier alpha value is -2.62. The van der Waals surface area contributed by atoms with E-state index in [4.69, 9.17) is 4.74 Å². The van der Waals surface area contributed by atoms with E-state index in [9.17, 15) is 22.4 Å². The lowest BCUT2D eigenvalue weighted by molar-refractivity contribution is -0.140. The number of fused-ring (bicyclic) bond motifs is 1. The smallest absolute Gasteiger partial charge is 0.389 e. The van der Waals surface area contributed by atoms with E-state index in [1.165, 1.54) is 23.5 Å². The molecule has 6 nitrogen and oxygen atoms in total. The van der Waals surface area contributed by atoms with E-state index in [1.807, 2.05) is 7.05 Å². The fraction of sp³-hybridized carbons (Fsp3) is 0.500. The molecule has 0 radical (unpaired) electrons. The predicted molar refractivity (Wildman–Crippen MR) is 99.0 cm³/mol. The third-order valence-corrected chi connectivity index (χ3v) is 5.83. The first-order valence-corrected chi connectivity index (χ1v) is 9.60. The summed E-state index contributed by atoms with van der Waals surface area (Å²) >= 11 is 0. The van der Waals surface area contributed by atoms with Crippen LogP contribution in [0.2, 0.25) is 0 Å². The van der Waals surface area contributed by atoms with Crippen LogP contribution in [0.4, 0.5) is 22.4 Å². The second kappa shape index (κ2) is 7.57. The zero-order valence-corrected chi connectivity index (χ0v) is 16.6. The number of halogens is 4. The van der Waals surface area contributed by atoms with Crippen molar-refractivity contribution < 1.29 is 27.1 Å². The summed E-state index contributed by atoms with van der Waals surface area (Å²) in [4.78, 5) is 20.3. The number of rotatable bonds is 5. The maximum atomic E-state index is 13.6. The SMILES string of the molecule is CN1CC2C(C1)C2CN(Cc1ccc(F)c(C(F)(F)F)c1)C(=O)Oc1cn(C)cn1. The molecule has 2 heterocycles. The molecule has 0 N–H and O–H groups in total. The summed E-state index contributed by atoms with van der Waals surface area (Å²) in [6.45, 7) is 2.13. The van der Waals surface area contributed by atoms with Gasteiger partial charge in [-0.05, 0) is 42.5 Å². The number of carbonyl (C=O) groups excluding carboxylic acids is 1. The Bertz CT molecular complexity index is 933. The van der Waals surface area contributed by atoms with Gasteiger partial charge in [-0.15, -0.1) is 0 Å². The lowest BCUT2D eigenvalue weighted by atomic mass is 10.1. The second-order valence-electron chi connectivity index (χ2n) is 8.15. The van der Waals surface area contributed by atoms with Gasteiger partial charge in [0.05, 0.1) is 18.1 Å². The average molecular weight is 426 g/mol. The largest absolute Gasteiger partial charge is 0.419 e. The topological polar surface area (TPSA) is 50.6 Å². The molecule has 10 heteroatoms. The molecule has 2 atom stereocenters. The molecule has 1 saturated carbocycles. The molecule has 1 aromatic carbocycles. The Kier molecular flexibility index (Phi) is 5.21. The van der Waals surface area contributed by atoms with Crippen LogP contribution in [0.25, 0.3) is 0 Å². The van der Waals surface area contributed by atoms with Crippen molar-refractivity contribution in [1.29, 1.82) is 0 Å². The van der Waals surface area contributed by atoms with Crippen molar-refractivity contribution in [2.75, 3.05) is 26.7 Å². The number of nitrogens with zero attached hydrogens (tertiary/aromatic N) is 4. The monoisotopic (exact) mass is 426 g/mol. The Morgan fingerprint density at radius 1 is 1.27 bits per heavy atom. The summed E-state index contributed by atoms with van der Waals surface area (Å²) in [5, 5.41) is 0. The number of aromatic nitrogens is 2. The van der Waals surface area contributed by atoms with E-state index >= 15 is 0 Å². The summed E-state index contributed by atoms with van der Waals surface area (Å²) in [5.41, 5.74) is -1.16. The van der Waals surface area contributed by atoms with Crippen molar-refractivity contribution in [3.8, 4) is 5.88 Å². The van der Waals surface area contributed by atoms with Crippen LogP contribution in [-0.2, 0) is 19.8 Å². The number of piperidine rings is 1. The van der Waals surface area contributed by atoms with Crippen molar-refractivity contribution in [3.05, 3.63) is 47.7 Å². The maximum Gasteiger partial charge on any atom is 0.419 e. The standard InChI is InChI=1S/C20H22F4N4O2/c1-26-7-13-14(8-26)15(13)9-28(19(29)30-18-10-27(2)11-25-18)6-12-3-4-17(21)16(5-12)20(22,23)24/h3-5,10-11,13-15H,6-9H2,1-2H3. The second-order valence-corrected chi connectivity index (χ2v) is 8.15. The van der Waals surface area contributed by atoms with Crippen molar-refractivity contribution in [3.63, 3.8) is 0 Å². The highest BCUT2D eigenvalue weighted by atomic mass is 19.4. The highest BCUT2D eigenvalue weighted by Gasteiger charge is 2.55. The van der Waals surface area contributed by atoms with Gasteiger partial charge in [-0.1, -0.05) is 6.07 Å². The van der Waals surface area contributed by atoms with E-state index in [0.29, 0.717) is 18.4 Å². The minimum atomic E-state index is -4.81. The molecule has 1 aliphatic carbocycles. The van der Waals surface area contributed by atoms with Gasteiger partial charge in [0, 0.05) is 33.2 Å². The first-order valence-electron chi connectivity index (χ1n) is 9.60. The molecule has 2 aromatic rings. The van der Waals surface area contributed by atoms with Gasteiger partial charge in [-0.2, -0.15) is 13.2 Å². The number of benzene rings is 1. The Morgan fingerprint density at radius 3 is 2.57 bits per heavy atom. The number of amides is 1. The molecule has 0 spiro atoms. The Balaban J connectivity index is 1.52. The summed E-state index contributed by atoms with van der Waals surface area (Å²) in [5.74, 6) is -0.00911. The van der Waals surface area contributed by atoms with Crippen molar-refractivity contribution in [2.24, 2.45) is 24.8 Å². The van der Waals surface area contributed by atoms with E-state index in [0.717, 1.165) is 25.2 Å². The molecule has 1 saturated heterocycles. The van der Waals surface area contributed by atoms with Crippen LogP contribution in [0.15, 0.2) is 30.7 Å². The minimum absolute atomic E-state index is 0.110. The molecule has 30 heavy (non-hydrogen) atoms. The van der Waals surface area contributed by atoms with Crippen molar-refractivity contribution in [1.82, 2.24) is 19.4 Å². The lowest BCUT2D eigenvalue weighted by Gasteiger charge is -2.24. The highest BCUT2D eigenvalue weighted by molar-refractivity contribution is 5.70. The highest BCUT2D eigenvalue weighted by Crippen LogP contribution is 2.51. The van der Waals surface area contributed by atoms with Crippen molar-refractivity contribution >= 4 is 6.09 Å². The number of aryl methyl sites for hydroxylation is 1. The number of carbonyl (C=O) groups is 1. The average Bonchev–Trinajstić information content (AvgIpc) is 2.96. The number of likely N-dealkylation sites (tertiary alicyclic amines) is 1. The van der Waals surface area contributed by atoms with Gasteiger partial charge >= 0.3 is 12.3 Å². The summed E-state index contributed by atoms with van der Waals surface area (Å²) in [7, 11) is 3.76. The van der Waals surface area contributed by atoms with E-state index < -0.39 is 23.7 Å². The quantitative estimate of drug-likeness (QED) is 0.688. The molecule has 1 amide bonds. The van der Waals surface area contributed by atoms with Gasteiger partial charge < -0.3 is 19.1 Å². The molecule has 4 rings (SSSR count). The molecule has 1 aliphatic heterocycles. The summed E-state index contributed by atoms with van der Waals surface area (Å²) < 4.78 is 59.7. The van der Waals surface area contributed by atoms with Gasteiger partial charge in [-0.3, -0.25) is 0 Å². The fourth-order valence-electron chi connectivity index (χ4n) is 4.29. The van der Waals surface area contributed by atoms with Gasteiger partial charge in [-0.25, -0.2) is 14.2 Å². The molecular formula is C20H22F4N4O2. The van der Waals surface area contributed by atoms with Crippen molar-refractivity contribution in [2.45, 2.75) is 12.7 Å². The maximum absolute atomic E-state index is 13.6. The third-order valence-electron chi connectivity index (χ3n) is 5.83. The first kappa shape index (κ1) is 20.6. The van der Waals surface area contributed by atoms with Gasteiger partial charge in [0.1, 0.15) is 5.82 Å². The van der Waals surface area contributed by atoms with E-state index in [1.54, 1.807) is 11.6 Å². The van der Waals surface area contributed by atoms with Gasteiger partial charge in [0.25, 0.3) is 0 Å². The van der Waals surface area contributed by atoms with E-state index in [2.05, 4.69) is 9.88 Å². The van der Waals surface area contributed by atoms with Crippen LogP contribution in [-0.4, -0.2) is 52.1 Å². The number of alkyl halides is 3. The zero-order chi connectivity index (χ0) is 21.6. The van der Waals surface area contributed by atoms with Gasteiger partial charge in [0.2, 0.25) is 5.88 Å². The normalized spacial score (nSPS) is 23.3. The van der Waals surface area contributed by atoms with Crippen LogP contribution in [0.3, 0.4) is 0 Å².